The van der Waals surface area contributed by atoms with E-state index in [1.165, 1.54) is 36.5 Å². The number of hydrazone groups is 1. The van der Waals surface area contributed by atoms with Gasteiger partial charge in [-0.15, -0.1) is 13.2 Å². The first-order valence-corrected chi connectivity index (χ1v) is 10.3. The Balaban J connectivity index is 1.56. The summed E-state index contributed by atoms with van der Waals surface area (Å²) in [6.07, 6.45) is -3.41. The Morgan fingerprint density at radius 3 is 2.29 bits per heavy atom. The molecule has 0 aliphatic rings. The lowest BCUT2D eigenvalue weighted by Gasteiger charge is -2.09. The van der Waals surface area contributed by atoms with Crippen LogP contribution < -0.4 is 15.5 Å². The van der Waals surface area contributed by atoms with Gasteiger partial charge in [0, 0.05) is 16.3 Å². The van der Waals surface area contributed by atoms with Crippen LogP contribution in [0.2, 0.25) is 5.02 Å². The number of ether oxygens (including phenoxy) is 1. The average Bonchev–Trinajstić information content (AvgIpc) is 2.81. The number of nitrogens with zero attached hydrogens (tertiary/aromatic N) is 4. The number of anilines is 3. The summed E-state index contributed by atoms with van der Waals surface area (Å²) in [5.74, 6) is -0.419. The fourth-order valence-corrected chi connectivity index (χ4v) is 2.95. The number of aromatic nitrogens is 3. The molecule has 12 heteroatoms. The Morgan fingerprint density at radius 2 is 1.60 bits per heavy atom. The van der Waals surface area contributed by atoms with Crippen molar-refractivity contribution in [1.29, 1.82) is 0 Å². The van der Waals surface area contributed by atoms with E-state index in [1.54, 1.807) is 30.3 Å². The molecule has 0 amide bonds. The van der Waals surface area contributed by atoms with Gasteiger partial charge in [-0.05, 0) is 66.2 Å². The smallest absolute Gasteiger partial charge is 0.406 e. The number of rotatable bonds is 7. The first-order chi connectivity index (χ1) is 16.7. The van der Waals surface area contributed by atoms with Gasteiger partial charge in [-0.1, -0.05) is 23.7 Å². The molecule has 3 aromatic carbocycles. The van der Waals surface area contributed by atoms with Crippen molar-refractivity contribution < 1.29 is 22.3 Å². The number of halogens is 5. The van der Waals surface area contributed by atoms with E-state index in [0.717, 1.165) is 12.1 Å². The number of hydrogen-bond acceptors (Lipinski definition) is 7. The minimum absolute atomic E-state index is 0.0454. The van der Waals surface area contributed by atoms with Crippen LogP contribution in [0.25, 0.3) is 11.4 Å². The van der Waals surface area contributed by atoms with Crippen LogP contribution in [0.4, 0.5) is 35.1 Å². The SMILES string of the molecule is Fc1cccc(-c2nc(N/N=C/c3ccc(OC(F)(F)F)cc3)nc(Nc3ccc(Cl)cc3)n2)c1. The Morgan fingerprint density at radius 1 is 0.886 bits per heavy atom. The molecule has 1 heterocycles. The second-order valence-electron chi connectivity index (χ2n) is 6.94. The molecule has 4 aromatic rings. The van der Waals surface area contributed by atoms with Crippen molar-refractivity contribution in [1.82, 2.24) is 15.0 Å². The van der Waals surface area contributed by atoms with Gasteiger partial charge in [-0.3, -0.25) is 0 Å². The minimum atomic E-state index is -4.77. The van der Waals surface area contributed by atoms with Gasteiger partial charge in [0.25, 0.3) is 0 Å². The molecule has 0 fully saturated rings. The van der Waals surface area contributed by atoms with E-state index < -0.39 is 12.2 Å². The van der Waals surface area contributed by atoms with Crippen LogP contribution >= 0.6 is 11.6 Å². The number of hydrogen-bond donors (Lipinski definition) is 2. The molecule has 178 valence electrons. The molecule has 35 heavy (non-hydrogen) atoms. The molecule has 7 nitrogen and oxygen atoms in total. The first-order valence-electron chi connectivity index (χ1n) is 9.93. The second-order valence-corrected chi connectivity index (χ2v) is 7.37. The molecule has 0 atom stereocenters. The summed E-state index contributed by atoms with van der Waals surface area (Å²) in [5.41, 5.74) is 4.21. The van der Waals surface area contributed by atoms with E-state index in [-0.39, 0.29) is 23.5 Å². The van der Waals surface area contributed by atoms with E-state index in [1.807, 2.05) is 0 Å². The lowest BCUT2D eigenvalue weighted by atomic mass is 10.2. The van der Waals surface area contributed by atoms with Gasteiger partial charge < -0.3 is 10.1 Å². The topological polar surface area (TPSA) is 84.3 Å². The third-order valence-corrected chi connectivity index (χ3v) is 4.56. The standard InChI is InChI=1S/C23H15ClF4N6O/c24-16-6-8-18(9-7-16)30-21-31-20(15-2-1-3-17(25)12-15)32-22(33-21)34-29-13-14-4-10-19(11-5-14)35-23(26,27)28/h1-13H,(H2,30,31,32,33,34)/b29-13+. The monoisotopic (exact) mass is 502 g/mol. The van der Waals surface area contributed by atoms with Crippen molar-refractivity contribution in [3.05, 3.63) is 89.2 Å². The summed E-state index contributed by atoms with van der Waals surface area (Å²) in [5, 5.41) is 7.59. The quantitative estimate of drug-likeness (QED) is 0.172. The lowest BCUT2D eigenvalue weighted by molar-refractivity contribution is -0.274. The molecule has 0 unspecified atom stereocenters. The highest BCUT2D eigenvalue weighted by Gasteiger charge is 2.30. The predicted molar refractivity (Wildman–Crippen MR) is 124 cm³/mol. The Labute approximate surface area is 201 Å². The summed E-state index contributed by atoms with van der Waals surface area (Å²) in [4.78, 5) is 12.9. The summed E-state index contributed by atoms with van der Waals surface area (Å²) >= 11 is 5.92. The van der Waals surface area contributed by atoms with E-state index in [9.17, 15) is 17.6 Å². The van der Waals surface area contributed by atoms with E-state index in [2.05, 4.69) is 35.5 Å². The zero-order chi connectivity index (χ0) is 24.8. The molecule has 0 radical (unpaired) electrons. The number of alkyl halides is 3. The Hall–Kier alpha value is -4.25. The van der Waals surface area contributed by atoms with Crippen LogP contribution in [0.3, 0.4) is 0 Å². The zero-order valence-corrected chi connectivity index (χ0v) is 18.3. The maximum atomic E-state index is 13.7. The summed E-state index contributed by atoms with van der Waals surface area (Å²) in [7, 11) is 0. The minimum Gasteiger partial charge on any atom is -0.406 e. The molecule has 0 aliphatic heterocycles. The molecular weight excluding hydrogens is 488 g/mol. The second kappa shape index (κ2) is 10.3. The largest absolute Gasteiger partial charge is 0.573 e. The van der Waals surface area contributed by atoms with E-state index in [4.69, 9.17) is 11.6 Å². The summed E-state index contributed by atoms with van der Waals surface area (Å²) in [6.45, 7) is 0. The predicted octanol–water partition coefficient (Wildman–Crippen LogP) is 6.42. The molecule has 2 N–H and O–H groups in total. The first kappa shape index (κ1) is 23.9. The zero-order valence-electron chi connectivity index (χ0n) is 17.6. The summed E-state index contributed by atoms with van der Waals surface area (Å²) in [6, 6.07) is 17.7. The van der Waals surface area contributed by atoms with Crippen LogP contribution in [0.1, 0.15) is 5.56 Å². The number of nitrogens with one attached hydrogen (secondary N) is 2. The maximum Gasteiger partial charge on any atom is 0.573 e. The van der Waals surface area contributed by atoms with Crippen molar-refractivity contribution >= 4 is 35.4 Å². The highest BCUT2D eigenvalue weighted by Crippen LogP contribution is 2.23. The van der Waals surface area contributed by atoms with Crippen LogP contribution in [0.15, 0.2) is 77.9 Å². The van der Waals surface area contributed by atoms with E-state index >= 15 is 0 Å². The molecule has 4 rings (SSSR count). The van der Waals surface area contributed by atoms with Crippen molar-refractivity contribution in [2.75, 3.05) is 10.7 Å². The third kappa shape index (κ3) is 7.11. The molecular formula is C23H15ClF4N6O. The van der Waals surface area contributed by atoms with Crippen molar-refractivity contribution in [3.63, 3.8) is 0 Å². The van der Waals surface area contributed by atoms with Crippen LogP contribution in [0, 0.1) is 5.82 Å². The highest BCUT2D eigenvalue weighted by molar-refractivity contribution is 6.30. The molecule has 0 saturated heterocycles. The molecule has 0 bridgehead atoms. The van der Waals surface area contributed by atoms with Gasteiger partial charge in [0.1, 0.15) is 11.6 Å². The van der Waals surface area contributed by atoms with Crippen molar-refractivity contribution in [2.45, 2.75) is 6.36 Å². The number of benzene rings is 3. The van der Waals surface area contributed by atoms with Gasteiger partial charge in [0.05, 0.1) is 6.21 Å². The van der Waals surface area contributed by atoms with Crippen LogP contribution in [-0.2, 0) is 0 Å². The average molecular weight is 503 g/mol. The van der Waals surface area contributed by atoms with Crippen molar-refractivity contribution in [2.24, 2.45) is 5.10 Å². The lowest BCUT2D eigenvalue weighted by Crippen LogP contribution is -2.17. The van der Waals surface area contributed by atoms with Gasteiger partial charge >= 0.3 is 6.36 Å². The summed E-state index contributed by atoms with van der Waals surface area (Å²) < 4.78 is 54.4. The van der Waals surface area contributed by atoms with Gasteiger partial charge in [0.2, 0.25) is 11.9 Å². The molecule has 0 saturated carbocycles. The third-order valence-electron chi connectivity index (χ3n) is 4.31. The highest BCUT2D eigenvalue weighted by atomic mass is 35.5. The fraction of sp³-hybridized carbons (Fsp3) is 0.0435. The molecule has 0 spiro atoms. The maximum absolute atomic E-state index is 13.7. The van der Waals surface area contributed by atoms with Gasteiger partial charge in [-0.2, -0.15) is 20.1 Å². The van der Waals surface area contributed by atoms with Gasteiger partial charge in [-0.25, -0.2) is 9.82 Å². The Bertz CT molecular complexity index is 1330. The molecule has 0 aliphatic carbocycles. The van der Waals surface area contributed by atoms with Gasteiger partial charge in [0.15, 0.2) is 5.82 Å². The van der Waals surface area contributed by atoms with Crippen molar-refractivity contribution in [3.8, 4) is 17.1 Å². The molecule has 1 aromatic heterocycles. The Kier molecular flexibility index (Phi) is 7.06. The fourth-order valence-electron chi connectivity index (χ4n) is 2.82. The normalized spacial score (nSPS) is 11.5. The van der Waals surface area contributed by atoms with Crippen LogP contribution in [0.5, 0.6) is 5.75 Å². The van der Waals surface area contributed by atoms with Crippen LogP contribution in [-0.4, -0.2) is 27.5 Å². The van der Waals surface area contributed by atoms with E-state index in [0.29, 0.717) is 21.8 Å².